The molecule has 0 spiro atoms. The van der Waals surface area contributed by atoms with E-state index in [-0.39, 0.29) is 9.47 Å². The SMILES string of the molecule is CON(C)C(=O)Nc1nnc(S(=O)(=O)N(C)C)s1. The molecule has 0 bridgehead atoms. The molecule has 1 aromatic rings. The molecule has 1 aromatic heterocycles. The van der Waals surface area contributed by atoms with Crippen LogP contribution in [0.4, 0.5) is 9.93 Å². The van der Waals surface area contributed by atoms with Crippen LogP contribution in [-0.2, 0) is 14.9 Å². The van der Waals surface area contributed by atoms with E-state index in [1.807, 2.05) is 0 Å². The number of nitrogens with zero attached hydrogens (tertiary/aromatic N) is 4. The van der Waals surface area contributed by atoms with Crippen molar-refractivity contribution >= 4 is 32.5 Å². The highest BCUT2D eigenvalue weighted by Gasteiger charge is 2.23. The van der Waals surface area contributed by atoms with Gasteiger partial charge in [0.2, 0.25) is 9.47 Å². The lowest BCUT2D eigenvalue weighted by molar-refractivity contribution is -0.0598. The topological polar surface area (TPSA) is 105 Å². The molecule has 0 unspecified atom stereocenters. The maximum atomic E-state index is 11.7. The first-order valence-electron chi connectivity index (χ1n) is 4.64. The van der Waals surface area contributed by atoms with Gasteiger partial charge in [-0.1, -0.05) is 11.3 Å². The summed E-state index contributed by atoms with van der Waals surface area (Å²) in [6, 6.07) is -0.581. The first-order valence-corrected chi connectivity index (χ1v) is 6.89. The van der Waals surface area contributed by atoms with E-state index in [0.717, 1.165) is 20.7 Å². The van der Waals surface area contributed by atoms with Crippen LogP contribution in [0.25, 0.3) is 0 Å². The van der Waals surface area contributed by atoms with Crippen LogP contribution in [-0.4, -0.2) is 62.3 Å². The quantitative estimate of drug-likeness (QED) is 0.610. The molecule has 2 amide bonds. The molecular weight excluding hydrogens is 282 g/mol. The summed E-state index contributed by atoms with van der Waals surface area (Å²) in [5, 5.41) is 10.4. The van der Waals surface area contributed by atoms with Gasteiger partial charge in [-0.05, 0) is 0 Å². The summed E-state index contributed by atoms with van der Waals surface area (Å²) in [4.78, 5) is 16.1. The summed E-state index contributed by atoms with van der Waals surface area (Å²) < 4.78 is 24.2. The molecule has 1 rings (SSSR count). The fourth-order valence-electron chi connectivity index (χ4n) is 0.774. The highest BCUT2D eigenvalue weighted by atomic mass is 32.2. The van der Waals surface area contributed by atoms with Crippen molar-refractivity contribution in [1.29, 1.82) is 0 Å². The van der Waals surface area contributed by atoms with Crippen LogP contribution in [0.3, 0.4) is 0 Å². The molecule has 102 valence electrons. The van der Waals surface area contributed by atoms with Gasteiger partial charge < -0.3 is 0 Å². The fourth-order valence-corrected chi connectivity index (χ4v) is 2.80. The number of hydroxylamine groups is 2. The molecule has 0 atom stereocenters. The molecule has 18 heavy (non-hydrogen) atoms. The van der Waals surface area contributed by atoms with Crippen molar-refractivity contribution in [3.8, 4) is 0 Å². The average molecular weight is 295 g/mol. The Morgan fingerprint density at radius 2 is 1.94 bits per heavy atom. The van der Waals surface area contributed by atoms with E-state index in [0.29, 0.717) is 0 Å². The number of carbonyl (C=O) groups excluding carboxylic acids is 1. The van der Waals surface area contributed by atoms with E-state index in [4.69, 9.17) is 0 Å². The molecule has 11 heteroatoms. The van der Waals surface area contributed by atoms with Crippen LogP contribution in [0.2, 0.25) is 0 Å². The van der Waals surface area contributed by atoms with Gasteiger partial charge in [0.25, 0.3) is 10.0 Å². The van der Waals surface area contributed by atoms with E-state index < -0.39 is 16.1 Å². The Hall–Kier alpha value is -1.30. The maximum Gasteiger partial charge on any atom is 0.347 e. The summed E-state index contributed by atoms with van der Waals surface area (Å²) in [5.74, 6) is 0. The maximum absolute atomic E-state index is 11.7. The number of amides is 2. The molecule has 1 heterocycles. The fraction of sp³-hybridized carbons (Fsp3) is 0.571. The van der Waals surface area contributed by atoms with Gasteiger partial charge in [0.1, 0.15) is 0 Å². The third-order valence-electron chi connectivity index (χ3n) is 1.88. The smallest absolute Gasteiger partial charge is 0.280 e. The van der Waals surface area contributed by atoms with Crippen LogP contribution in [0.1, 0.15) is 0 Å². The minimum absolute atomic E-state index is 0.0734. The Labute approximate surface area is 108 Å². The van der Waals surface area contributed by atoms with Gasteiger partial charge in [-0.25, -0.2) is 22.6 Å². The lowest BCUT2D eigenvalue weighted by Gasteiger charge is -2.12. The van der Waals surface area contributed by atoms with Crippen molar-refractivity contribution in [2.75, 3.05) is 33.6 Å². The van der Waals surface area contributed by atoms with Gasteiger partial charge in [0.15, 0.2) is 0 Å². The second-order valence-electron chi connectivity index (χ2n) is 3.27. The summed E-state index contributed by atoms with van der Waals surface area (Å²) in [6.45, 7) is 0. The van der Waals surface area contributed by atoms with E-state index in [9.17, 15) is 13.2 Å². The van der Waals surface area contributed by atoms with Crippen LogP contribution >= 0.6 is 11.3 Å². The van der Waals surface area contributed by atoms with E-state index in [1.54, 1.807) is 0 Å². The number of urea groups is 1. The molecule has 0 aromatic carbocycles. The van der Waals surface area contributed by atoms with Crippen LogP contribution in [0.15, 0.2) is 4.34 Å². The van der Waals surface area contributed by atoms with Crippen molar-refractivity contribution in [1.82, 2.24) is 19.6 Å². The molecule has 9 nitrogen and oxygen atoms in total. The summed E-state index contributed by atoms with van der Waals surface area (Å²) in [5.41, 5.74) is 0. The number of anilines is 1. The molecule has 0 aliphatic heterocycles. The minimum Gasteiger partial charge on any atom is -0.280 e. The van der Waals surface area contributed by atoms with Gasteiger partial charge in [-0.3, -0.25) is 10.2 Å². The Morgan fingerprint density at radius 3 is 2.44 bits per heavy atom. The third kappa shape index (κ3) is 3.13. The monoisotopic (exact) mass is 295 g/mol. The standard InChI is InChI=1S/C7H13N5O4S2/c1-11(2)18(14,15)7-10-9-5(17-7)8-6(13)12(3)16-4/h1-4H3,(H,8,9,13). The number of hydrogen-bond acceptors (Lipinski definition) is 7. The van der Waals surface area contributed by atoms with E-state index in [1.165, 1.54) is 28.3 Å². The second-order valence-corrected chi connectivity index (χ2v) is 6.57. The number of carbonyl (C=O) groups is 1. The number of aromatic nitrogens is 2. The van der Waals surface area contributed by atoms with Gasteiger partial charge in [-0.2, -0.15) is 0 Å². The molecule has 1 N–H and O–H groups in total. The van der Waals surface area contributed by atoms with E-state index >= 15 is 0 Å². The van der Waals surface area contributed by atoms with Crippen LogP contribution in [0.5, 0.6) is 0 Å². The summed E-state index contributed by atoms with van der Waals surface area (Å²) >= 11 is 0.758. The Kier molecular flexibility index (Phi) is 4.56. The normalized spacial score (nSPS) is 11.6. The second kappa shape index (κ2) is 5.56. The van der Waals surface area contributed by atoms with Crippen molar-refractivity contribution in [2.24, 2.45) is 0 Å². The molecule has 0 aliphatic rings. The van der Waals surface area contributed by atoms with Crippen molar-refractivity contribution in [3.05, 3.63) is 0 Å². The number of hydrogen-bond donors (Lipinski definition) is 1. The zero-order chi connectivity index (χ0) is 13.9. The first-order chi connectivity index (χ1) is 8.28. The Balaban J connectivity index is 2.86. The number of nitrogens with one attached hydrogen (secondary N) is 1. The van der Waals surface area contributed by atoms with Crippen molar-refractivity contribution in [3.63, 3.8) is 0 Å². The lowest BCUT2D eigenvalue weighted by Crippen LogP contribution is -2.30. The third-order valence-corrected chi connectivity index (χ3v) is 4.88. The van der Waals surface area contributed by atoms with Gasteiger partial charge in [-0.15, -0.1) is 10.2 Å². The molecule has 0 fully saturated rings. The largest absolute Gasteiger partial charge is 0.347 e. The van der Waals surface area contributed by atoms with Crippen LogP contribution in [0, 0.1) is 0 Å². The first kappa shape index (κ1) is 14.8. The Morgan fingerprint density at radius 1 is 1.33 bits per heavy atom. The molecular formula is C7H13N5O4S2. The number of rotatable bonds is 4. The number of sulfonamides is 1. The minimum atomic E-state index is -3.64. The summed E-state index contributed by atoms with van der Waals surface area (Å²) in [7, 11) is 1.85. The van der Waals surface area contributed by atoms with Crippen molar-refractivity contribution in [2.45, 2.75) is 4.34 Å². The highest BCUT2D eigenvalue weighted by molar-refractivity contribution is 7.91. The predicted molar refractivity (Wildman–Crippen MR) is 64.6 cm³/mol. The zero-order valence-electron chi connectivity index (χ0n) is 10.2. The van der Waals surface area contributed by atoms with Gasteiger partial charge in [0, 0.05) is 21.1 Å². The molecule has 0 saturated heterocycles. The molecule has 0 aliphatic carbocycles. The summed E-state index contributed by atoms with van der Waals surface area (Å²) in [6.07, 6.45) is 0. The average Bonchev–Trinajstić information content (AvgIpc) is 2.76. The van der Waals surface area contributed by atoms with Crippen LogP contribution < -0.4 is 5.32 Å². The molecule has 0 saturated carbocycles. The predicted octanol–water partition coefficient (Wildman–Crippen LogP) is -0.187. The Bertz CT molecular complexity index is 526. The lowest BCUT2D eigenvalue weighted by atomic mass is 10.9. The van der Waals surface area contributed by atoms with E-state index in [2.05, 4.69) is 20.4 Å². The molecule has 0 radical (unpaired) electrons. The van der Waals surface area contributed by atoms with Crippen molar-refractivity contribution < 1.29 is 18.0 Å². The van der Waals surface area contributed by atoms with Gasteiger partial charge >= 0.3 is 6.03 Å². The van der Waals surface area contributed by atoms with Gasteiger partial charge in [0.05, 0.1) is 7.11 Å². The zero-order valence-corrected chi connectivity index (χ0v) is 11.9. The highest BCUT2D eigenvalue weighted by Crippen LogP contribution is 2.21.